The van der Waals surface area contributed by atoms with Crippen molar-refractivity contribution in [2.24, 2.45) is 0 Å². The summed E-state index contributed by atoms with van der Waals surface area (Å²) in [5.41, 5.74) is 2.10. The fourth-order valence-electron chi connectivity index (χ4n) is 3.10. The lowest BCUT2D eigenvalue weighted by atomic mass is 10.0. The van der Waals surface area contributed by atoms with E-state index in [1.807, 2.05) is 19.1 Å². The number of ether oxygens (including phenoxy) is 3. The molecule has 0 aliphatic carbocycles. The van der Waals surface area contributed by atoms with Gasteiger partial charge in [-0.1, -0.05) is 11.2 Å². The molecule has 8 heteroatoms. The van der Waals surface area contributed by atoms with Crippen molar-refractivity contribution in [3.63, 3.8) is 0 Å². The van der Waals surface area contributed by atoms with Gasteiger partial charge in [0.05, 0.1) is 19.8 Å². The first-order valence-electron chi connectivity index (χ1n) is 9.77. The number of carbonyl (C=O) groups is 1. The van der Waals surface area contributed by atoms with E-state index in [1.165, 1.54) is 12.1 Å². The van der Waals surface area contributed by atoms with Crippen molar-refractivity contribution in [1.82, 2.24) is 10.5 Å². The van der Waals surface area contributed by atoms with Gasteiger partial charge in [-0.25, -0.2) is 4.39 Å². The summed E-state index contributed by atoms with van der Waals surface area (Å²) in [6.07, 6.45) is 0. The van der Waals surface area contributed by atoms with Crippen molar-refractivity contribution >= 4 is 5.91 Å². The van der Waals surface area contributed by atoms with E-state index in [2.05, 4.69) is 10.5 Å². The molecule has 0 radical (unpaired) electrons. The van der Waals surface area contributed by atoms with E-state index in [1.54, 1.807) is 39.3 Å². The molecular formula is C23H25FN2O5. The molecule has 1 N–H and O–H groups in total. The third-order valence-electron chi connectivity index (χ3n) is 4.79. The molecule has 1 atom stereocenters. The van der Waals surface area contributed by atoms with Gasteiger partial charge in [-0.2, -0.15) is 0 Å². The van der Waals surface area contributed by atoms with Gasteiger partial charge in [0.1, 0.15) is 29.4 Å². The summed E-state index contributed by atoms with van der Waals surface area (Å²) in [5.74, 6) is 0.818. The molecule has 0 aliphatic heterocycles. The molecule has 0 aliphatic rings. The molecule has 3 rings (SSSR count). The summed E-state index contributed by atoms with van der Waals surface area (Å²) in [4.78, 5) is 13.0. The second-order valence-corrected chi connectivity index (χ2v) is 6.92. The molecule has 1 unspecified atom stereocenters. The van der Waals surface area contributed by atoms with Gasteiger partial charge in [0.2, 0.25) is 0 Å². The zero-order valence-corrected chi connectivity index (χ0v) is 17.9. The van der Waals surface area contributed by atoms with Gasteiger partial charge >= 0.3 is 0 Å². The first-order valence-corrected chi connectivity index (χ1v) is 9.77. The monoisotopic (exact) mass is 428 g/mol. The summed E-state index contributed by atoms with van der Waals surface area (Å²) in [6.45, 7) is 4.39. The SMILES string of the molecule is COCCOc1ccc(C(C)NC(=O)c2c(-c3ccc(F)cc3)noc2C)cc1OC. The van der Waals surface area contributed by atoms with Crippen LogP contribution in [0.4, 0.5) is 4.39 Å². The lowest BCUT2D eigenvalue weighted by Crippen LogP contribution is -2.27. The predicted molar refractivity (Wildman–Crippen MR) is 113 cm³/mol. The van der Waals surface area contributed by atoms with Crippen molar-refractivity contribution in [3.05, 3.63) is 65.2 Å². The minimum Gasteiger partial charge on any atom is -0.493 e. The summed E-state index contributed by atoms with van der Waals surface area (Å²) < 4.78 is 34.5. The third kappa shape index (κ3) is 5.21. The van der Waals surface area contributed by atoms with Crippen LogP contribution < -0.4 is 14.8 Å². The number of halogens is 1. The van der Waals surface area contributed by atoms with Crippen molar-refractivity contribution in [2.75, 3.05) is 27.4 Å². The zero-order chi connectivity index (χ0) is 22.4. The Balaban J connectivity index is 1.78. The van der Waals surface area contributed by atoms with Crippen LogP contribution in [0.1, 0.15) is 34.6 Å². The third-order valence-corrected chi connectivity index (χ3v) is 4.79. The van der Waals surface area contributed by atoms with Gasteiger partial charge in [0, 0.05) is 12.7 Å². The number of hydrogen-bond acceptors (Lipinski definition) is 6. The average Bonchev–Trinajstić information content (AvgIpc) is 3.16. The quantitative estimate of drug-likeness (QED) is 0.511. The summed E-state index contributed by atoms with van der Waals surface area (Å²) >= 11 is 0. The Kier molecular flexibility index (Phi) is 7.25. The van der Waals surface area contributed by atoms with E-state index in [0.717, 1.165) is 5.56 Å². The highest BCUT2D eigenvalue weighted by molar-refractivity contribution is 6.01. The van der Waals surface area contributed by atoms with Gasteiger partial charge in [-0.3, -0.25) is 4.79 Å². The Hall–Kier alpha value is -3.39. The minimum absolute atomic E-state index is 0.310. The molecule has 0 fully saturated rings. The van der Waals surface area contributed by atoms with Gasteiger partial charge in [-0.15, -0.1) is 0 Å². The second-order valence-electron chi connectivity index (χ2n) is 6.92. The number of aryl methyl sites for hydroxylation is 1. The molecule has 1 heterocycles. The van der Waals surface area contributed by atoms with E-state index in [4.69, 9.17) is 18.7 Å². The maximum atomic E-state index is 13.3. The predicted octanol–water partition coefficient (Wildman–Crippen LogP) is 4.31. The van der Waals surface area contributed by atoms with Crippen molar-refractivity contribution < 1.29 is 27.9 Å². The fourth-order valence-corrected chi connectivity index (χ4v) is 3.10. The molecule has 7 nitrogen and oxygen atoms in total. The molecule has 31 heavy (non-hydrogen) atoms. The largest absolute Gasteiger partial charge is 0.493 e. The average molecular weight is 428 g/mol. The Morgan fingerprint density at radius 3 is 2.55 bits per heavy atom. The summed E-state index contributed by atoms with van der Waals surface area (Å²) in [7, 11) is 3.16. The lowest BCUT2D eigenvalue weighted by Gasteiger charge is -2.17. The molecule has 3 aromatic rings. The molecule has 0 saturated heterocycles. The van der Waals surface area contributed by atoms with Crippen molar-refractivity contribution in [1.29, 1.82) is 0 Å². The van der Waals surface area contributed by atoms with E-state index >= 15 is 0 Å². The molecule has 2 aromatic carbocycles. The number of hydrogen-bond donors (Lipinski definition) is 1. The summed E-state index contributed by atoms with van der Waals surface area (Å²) in [5, 5.41) is 6.94. The minimum atomic E-state index is -0.368. The number of benzene rings is 2. The Morgan fingerprint density at radius 1 is 1.13 bits per heavy atom. The molecule has 0 spiro atoms. The van der Waals surface area contributed by atoms with Crippen LogP contribution in [0.3, 0.4) is 0 Å². The van der Waals surface area contributed by atoms with Crippen LogP contribution in [0.2, 0.25) is 0 Å². The van der Waals surface area contributed by atoms with Crippen LogP contribution in [0.5, 0.6) is 11.5 Å². The number of methoxy groups -OCH3 is 2. The normalized spacial score (nSPS) is 11.8. The number of rotatable bonds is 9. The molecule has 1 amide bonds. The topological polar surface area (TPSA) is 82.8 Å². The Morgan fingerprint density at radius 2 is 1.87 bits per heavy atom. The first kappa shape index (κ1) is 22.3. The van der Waals surface area contributed by atoms with E-state index < -0.39 is 0 Å². The Bertz CT molecular complexity index is 1030. The van der Waals surface area contributed by atoms with Crippen LogP contribution in [0, 0.1) is 12.7 Å². The fraction of sp³-hybridized carbons (Fsp3) is 0.304. The number of nitrogens with zero attached hydrogens (tertiary/aromatic N) is 1. The zero-order valence-electron chi connectivity index (χ0n) is 17.9. The van der Waals surface area contributed by atoms with Crippen molar-refractivity contribution in [3.8, 4) is 22.8 Å². The highest BCUT2D eigenvalue weighted by atomic mass is 19.1. The van der Waals surface area contributed by atoms with Crippen LogP contribution in [-0.4, -0.2) is 38.5 Å². The van der Waals surface area contributed by atoms with E-state index in [-0.39, 0.29) is 17.8 Å². The standard InChI is InChI=1S/C23H25FN2O5/c1-14(17-7-10-19(20(13-17)29-4)30-12-11-28-3)25-23(27)21-15(2)31-26-22(21)16-5-8-18(24)9-6-16/h5-10,13-14H,11-12H2,1-4H3,(H,25,27). The molecular weight excluding hydrogens is 403 g/mol. The van der Waals surface area contributed by atoms with Crippen LogP contribution in [0.15, 0.2) is 47.0 Å². The maximum absolute atomic E-state index is 13.3. The first-order chi connectivity index (χ1) is 14.9. The van der Waals surface area contributed by atoms with Crippen molar-refractivity contribution in [2.45, 2.75) is 19.9 Å². The van der Waals surface area contributed by atoms with Crippen LogP contribution in [-0.2, 0) is 4.74 Å². The maximum Gasteiger partial charge on any atom is 0.257 e. The highest BCUT2D eigenvalue weighted by Crippen LogP contribution is 2.31. The molecule has 0 bridgehead atoms. The number of aromatic nitrogens is 1. The molecule has 164 valence electrons. The van der Waals surface area contributed by atoms with Crippen LogP contribution >= 0.6 is 0 Å². The Labute approximate surface area is 180 Å². The van der Waals surface area contributed by atoms with Gasteiger partial charge < -0.3 is 24.1 Å². The number of carbonyl (C=O) groups excluding carboxylic acids is 1. The van der Waals surface area contributed by atoms with Gasteiger partial charge in [-0.05, 0) is 55.8 Å². The number of amides is 1. The highest BCUT2D eigenvalue weighted by Gasteiger charge is 2.23. The summed E-state index contributed by atoms with van der Waals surface area (Å²) in [6, 6.07) is 10.9. The molecule has 1 aromatic heterocycles. The molecule has 0 saturated carbocycles. The van der Waals surface area contributed by atoms with Gasteiger partial charge in [0.25, 0.3) is 5.91 Å². The van der Waals surface area contributed by atoms with Gasteiger partial charge in [0.15, 0.2) is 11.5 Å². The van der Waals surface area contributed by atoms with E-state index in [0.29, 0.717) is 47.3 Å². The van der Waals surface area contributed by atoms with Crippen LogP contribution in [0.25, 0.3) is 11.3 Å². The lowest BCUT2D eigenvalue weighted by molar-refractivity contribution is 0.0939. The smallest absolute Gasteiger partial charge is 0.257 e. The number of nitrogens with one attached hydrogen (secondary N) is 1. The second kappa shape index (κ2) is 10.1. The van der Waals surface area contributed by atoms with E-state index in [9.17, 15) is 9.18 Å².